The van der Waals surface area contributed by atoms with Crippen LogP contribution in [0.3, 0.4) is 0 Å². The van der Waals surface area contributed by atoms with Crippen molar-refractivity contribution in [2.75, 3.05) is 5.32 Å². The normalized spacial score (nSPS) is 10.6. The average molecular weight is 357 g/mol. The lowest BCUT2D eigenvalue weighted by Crippen LogP contribution is -2.27. The number of pyridine rings is 1. The second-order valence-corrected chi connectivity index (χ2v) is 5.86. The lowest BCUT2D eigenvalue weighted by molar-refractivity contribution is 0.102. The second kappa shape index (κ2) is 5.77. The van der Waals surface area contributed by atoms with Gasteiger partial charge in [-0.05, 0) is 35.7 Å². The van der Waals surface area contributed by atoms with E-state index < -0.39 is 5.91 Å². The van der Waals surface area contributed by atoms with E-state index in [1.807, 2.05) is 36.4 Å². The number of nitrogens with one attached hydrogen (secondary N) is 1. The predicted molar refractivity (Wildman–Crippen MR) is 91.3 cm³/mol. The molecule has 2 aromatic carbocycles. The first-order valence-electron chi connectivity index (χ1n) is 6.72. The highest BCUT2D eigenvalue weighted by molar-refractivity contribution is 9.10. The molecule has 110 valence electrons. The van der Waals surface area contributed by atoms with Gasteiger partial charge in [-0.15, -0.1) is 0 Å². The number of fused-ring (bicyclic) bond motifs is 1. The van der Waals surface area contributed by atoms with Crippen LogP contribution in [0.25, 0.3) is 10.9 Å². The van der Waals surface area contributed by atoms with Crippen molar-refractivity contribution in [3.8, 4) is 0 Å². The Kier molecular flexibility index (Phi) is 3.81. The van der Waals surface area contributed by atoms with Gasteiger partial charge in [0.1, 0.15) is 5.56 Å². The number of anilines is 1. The zero-order valence-corrected chi connectivity index (χ0v) is 13.4. The summed E-state index contributed by atoms with van der Waals surface area (Å²) in [5.74, 6) is -0.406. The smallest absolute Gasteiger partial charge is 0.263 e. The molecule has 0 saturated heterocycles. The van der Waals surface area contributed by atoms with E-state index in [0.29, 0.717) is 5.69 Å². The Balaban J connectivity index is 2.07. The number of hydrogen-bond donors (Lipinski definition) is 1. The first-order valence-corrected chi connectivity index (χ1v) is 7.51. The van der Waals surface area contributed by atoms with Gasteiger partial charge in [0.25, 0.3) is 11.5 Å². The number of nitrogens with zero attached hydrogens (tertiary/aromatic N) is 1. The van der Waals surface area contributed by atoms with Crippen molar-refractivity contribution in [1.82, 2.24) is 4.57 Å². The van der Waals surface area contributed by atoms with Gasteiger partial charge in [0.2, 0.25) is 0 Å². The Morgan fingerprint density at radius 2 is 1.82 bits per heavy atom. The summed E-state index contributed by atoms with van der Waals surface area (Å²) in [4.78, 5) is 24.8. The highest BCUT2D eigenvalue weighted by Crippen LogP contribution is 2.19. The lowest BCUT2D eigenvalue weighted by Gasteiger charge is -2.09. The quantitative estimate of drug-likeness (QED) is 0.763. The summed E-state index contributed by atoms with van der Waals surface area (Å²) >= 11 is 3.39. The van der Waals surface area contributed by atoms with Crippen molar-refractivity contribution in [3.05, 3.63) is 75.0 Å². The third-order valence-electron chi connectivity index (χ3n) is 3.47. The van der Waals surface area contributed by atoms with Crippen molar-refractivity contribution in [1.29, 1.82) is 0 Å². The SMILES string of the molecule is Cn1c(=O)c(C(=O)Nc2ccccc2)cc2ccc(Br)cc21. The first kappa shape index (κ1) is 14.5. The number of hydrogen-bond acceptors (Lipinski definition) is 2. The zero-order chi connectivity index (χ0) is 15.7. The van der Waals surface area contributed by atoms with Crippen LogP contribution in [0.1, 0.15) is 10.4 Å². The first-order chi connectivity index (χ1) is 10.6. The minimum absolute atomic E-state index is 0.126. The maximum atomic E-state index is 12.4. The molecule has 1 aromatic heterocycles. The summed E-state index contributed by atoms with van der Waals surface area (Å²) in [6.07, 6.45) is 0. The molecule has 0 aliphatic rings. The maximum absolute atomic E-state index is 12.4. The minimum Gasteiger partial charge on any atom is -0.322 e. The molecule has 1 heterocycles. The van der Waals surface area contributed by atoms with Gasteiger partial charge in [0.05, 0.1) is 5.52 Å². The van der Waals surface area contributed by atoms with Crippen molar-refractivity contribution in [2.45, 2.75) is 0 Å². The zero-order valence-electron chi connectivity index (χ0n) is 11.8. The van der Waals surface area contributed by atoms with E-state index >= 15 is 0 Å². The summed E-state index contributed by atoms with van der Waals surface area (Å²) in [6, 6.07) is 16.3. The van der Waals surface area contributed by atoms with Crippen LogP contribution in [0.2, 0.25) is 0 Å². The maximum Gasteiger partial charge on any atom is 0.263 e. The third-order valence-corrected chi connectivity index (χ3v) is 3.96. The molecule has 0 spiro atoms. The van der Waals surface area contributed by atoms with Crippen LogP contribution in [0, 0.1) is 0 Å². The van der Waals surface area contributed by atoms with Crippen LogP contribution < -0.4 is 10.9 Å². The minimum atomic E-state index is -0.406. The van der Waals surface area contributed by atoms with E-state index in [1.54, 1.807) is 25.2 Å². The van der Waals surface area contributed by atoms with Gasteiger partial charge < -0.3 is 9.88 Å². The molecule has 0 bridgehead atoms. The number of aromatic nitrogens is 1. The molecule has 1 amide bonds. The van der Waals surface area contributed by atoms with Crippen LogP contribution in [-0.2, 0) is 7.05 Å². The molecular weight excluding hydrogens is 344 g/mol. The number of benzene rings is 2. The summed E-state index contributed by atoms with van der Waals surface area (Å²) in [5.41, 5.74) is 1.24. The van der Waals surface area contributed by atoms with Gasteiger partial charge in [-0.2, -0.15) is 0 Å². The van der Waals surface area contributed by atoms with E-state index in [2.05, 4.69) is 21.2 Å². The van der Waals surface area contributed by atoms with E-state index in [4.69, 9.17) is 0 Å². The summed E-state index contributed by atoms with van der Waals surface area (Å²) < 4.78 is 2.37. The van der Waals surface area contributed by atoms with Gasteiger partial charge in [0, 0.05) is 17.2 Å². The highest BCUT2D eigenvalue weighted by atomic mass is 79.9. The van der Waals surface area contributed by atoms with Crippen LogP contribution in [0.4, 0.5) is 5.69 Å². The Hall–Kier alpha value is -2.40. The number of carbonyl (C=O) groups excluding carboxylic acids is 1. The topological polar surface area (TPSA) is 51.1 Å². The molecule has 0 radical (unpaired) electrons. The lowest BCUT2D eigenvalue weighted by atomic mass is 10.1. The van der Waals surface area contributed by atoms with E-state index in [-0.39, 0.29) is 11.1 Å². The molecule has 3 rings (SSSR count). The number of amides is 1. The number of halogens is 1. The fourth-order valence-electron chi connectivity index (χ4n) is 2.32. The fraction of sp³-hybridized carbons (Fsp3) is 0.0588. The number of para-hydroxylation sites is 1. The molecule has 1 N–H and O–H groups in total. The molecule has 0 saturated carbocycles. The third kappa shape index (κ3) is 2.67. The van der Waals surface area contributed by atoms with Crippen LogP contribution in [0.5, 0.6) is 0 Å². The second-order valence-electron chi connectivity index (χ2n) is 4.95. The highest BCUT2D eigenvalue weighted by Gasteiger charge is 2.14. The molecule has 0 aliphatic carbocycles. The summed E-state index contributed by atoms with van der Waals surface area (Å²) in [6.45, 7) is 0. The van der Waals surface area contributed by atoms with Gasteiger partial charge in [-0.1, -0.05) is 40.2 Å². The Bertz CT molecular complexity index is 917. The number of aryl methyl sites for hydroxylation is 1. The van der Waals surface area contributed by atoms with Crippen molar-refractivity contribution >= 4 is 38.4 Å². The Labute approximate surface area is 135 Å². The summed E-state index contributed by atoms with van der Waals surface area (Å²) in [7, 11) is 1.66. The molecule has 0 aliphatic heterocycles. The standard InChI is InChI=1S/C17H13BrN2O2/c1-20-15-10-12(18)8-7-11(15)9-14(17(20)22)16(21)19-13-5-3-2-4-6-13/h2-10H,1H3,(H,19,21). The van der Waals surface area contributed by atoms with Crippen LogP contribution in [0.15, 0.2) is 63.9 Å². The van der Waals surface area contributed by atoms with Crippen LogP contribution >= 0.6 is 15.9 Å². The monoisotopic (exact) mass is 356 g/mol. The molecule has 22 heavy (non-hydrogen) atoms. The van der Waals surface area contributed by atoms with Crippen molar-refractivity contribution in [2.24, 2.45) is 7.05 Å². The van der Waals surface area contributed by atoms with E-state index in [0.717, 1.165) is 15.4 Å². The van der Waals surface area contributed by atoms with Crippen LogP contribution in [-0.4, -0.2) is 10.5 Å². The van der Waals surface area contributed by atoms with E-state index in [1.165, 1.54) is 4.57 Å². The predicted octanol–water partition coefficient (Wildman–Crippen LogP) is 3.55. The average Bonchev–Trinajstić information content (AvgIpc) is 2.52. The van der Waals surface area contributed by atoms with Gasteiger partial charge >= 0.3 is 0 Å². The van der Waals surface area contributed by atoms with Crippen molar-refractivity contribution < 1.29 is 4.79 Å². The number of carbonyl (C=O) groups is 1. The molecule has 0 atom stereocenters. The summed E-state index contributed by atoms with van der Waals surface area (Å²) in [5, 5.41) is 3.58. The van der Waals surface area contributed by atoms with Crippen molar-refractivity contribution in [3.63, 3.8) is 0 Å². The van der Waals surface area contributed by atoms with E-state index in [9.17, 15) is 9.59 Å². The Morgan fingerprint density at radius 3 is 2.55 bits per heavy atom. The Morgan fingerprint density at radius 1 is 1.09 bits per heavy atom. The number of rotatable bonds is 2. The van der Waals surface area contributed by atoms with Gasteiger partial charge in [0.15, 0.2) is 0 Å². The molecule has 4 nitrogen and oxygen atoms in total. The molecule has 5 heteroatoms. The molecule has 3 aromatic rings. The largest absolute Gasteiger partial charge is 0.322 e. The fourth-order valence-corrected chi connectivity index (χ4v) is 2.67. The molecule has 0 fully saturated rings. The van der Waals surface area contributed by atoms with Gasteiger partial charge in [-0.25, -0.2) is 0 Å². The molecular formula is C17H13BrN2O2. The van der Waals surface area contributed by atoms with Gasteiger partial charge in [-0.3, -0.25) is 9.59 Å². The molecule has 0 unspecified atom stereocenters.